The van der Waals surface area contributed by atoms with E-state index in [0.29, 0.717) is 24.6 Å². The second-order valence-electron chi connectivity index (χ2n) is 5.00. The van der Waals surface area contributed by atoms with Gasteiger partial charge in [-0.05, 0) is 18.2 Å². The van der Waals surface area contributed by atoms with Crippen molar-refractivity contribution in [2.24, 2.45) is 0 Å². The van der Waals surface area contributed by atoms with Crippen LogP contribution >= 0.6 is 22.9 Å². The molecule has 0 saturated heterocycles. The number of rotatable bonds is 6. The molecule has 0 spiro atoms. The number of benzene rings is 1. The molecule has 6 heteroatoms. The molecule has 0 unspecified atom stereocenters. The molecule has 0 radical (unpaired) electrons. The van der Waals surface area contributed by atoms with Crippen LogP contribution in [0.2, 0.25) is 4.34 Å². The van der Waals surface area contributed by atoms with Gasteiger partial charge in [0.1, 0.15) is 5.75 Å². The molecular formula is C16H16ClNO3S. The zero-order valence-corrected chi connectivity index (χ0v) is 13.5. The van der Waals surface area contributed by atoms with Gasteiger partial charge in [0, 0.05) is 36.1 Å². The number of aromatic hydroxyl groups is 1. The lowest BCUT2D eigenvalue weighted by Crippen LogP contribution is -2.22. The number of hydrogen-bond acceptors (Lipinski definition) is 5. The van der Waals surface area contributed by atoms with E-state index >= 15 is 0 Å². The second kappa shape index (κ2) is 6.60. The molecule has 4 nitrogen and oxygen atoms in total. The Kier molecular flexibility index (Phi) is 4.57. The van der Waals surface area contributed by atoms with Gasteiger partial charge in [-0.3, -0.25) is 4.90 Å². The average Bonchev–Trinajstić information content (AvgIpc) is 3.08. The van der Waals surface area contributed by atoms with Crippen molar-refractivity contribution in [2.75, 3.05) is 13.3 Å². The number of hydrogen-bond donors (Lipinski definition) is 1. The van der Waals surface area contributed by atoms with Gasteiger partial charge >= 0.3 is 0 Å². The summed E-state index contributed by atoms with van der Waals surface area (Å²) in [5, 5.41) is 10.2. The molecule has 0 atom stereocenters. The van der Waals surface area contributed by atoms with Gasteiger partial charge in [0.05, 0.1) is 4.34 Å². The molecule has 1 aliphatic rings. The van der Waals surface area contributed by atoms with Gasteiger partial charge in [-0.15, -0.1) is 17.9 Å². The lowest BCUT2D eigenvalue weighted by atomic mass is 10.1. The van der Waals surface area contributed by atoms with E-state index in [1.165, 1.54) is 4.88 Å². The first kappa shape index (κ1) is 15.2. The van der Waals surface area contributed by atoms with E-state index in [1.807, 2.05) is 24.3 Å². The molecule has 0 amide bonds. The first-order valence-electron chi connectivity index (χ1n) is 6.84. The first-order valence-corrected chi connectivity index (χ1v) is 8.04. The lowest BCUT2D eigenvalue weighted by molar-refractivity contribution is 0.174. The quantitative estimate of drug-likeness (QED) is 0.808. The van der Waals surface area contributed by atoms with E-state index in [2.05, 4.69) is 11.5 Å². The normalized spacial score (nSPS) is 12.8. The minimum absolute atomic E-state index is 0.197. The van der Waals surface area contributed by atoms with E-state index in [-0.39, 0.29) is 12.5 Å². The zero-order chi connectivity index (χ0) is 15.5. The first-order chi connectivity index (χ1) is 10.7. The molecule has 3 rings (SSSR count). The summed E-state index contributed by atoms with van der Waals surface area (Å²) in [4.78, 5) is 3.35. The number of phenols is 1. The summed E-state index contributed by atoms with van der Waals surface area (Å²) in [7, 11) is 0. The highest BCUT2D eigenvalue weighted by molar-refractivity contribution is 7.16. The zero-order valence-electron chi connectivity index (χ0n) is 11.9. The van der Waals surface area contributed by atoms with Crippen molar-refractivity contribution in [1.29, 1.82) is 0 Å². The minimum atomic E-state index is 0.197. The predicted molar refractivity (Wildman–Crippen MR) is 87.9 cm³/mol. The largest absolute Gasteiger partial charge is 0.507 e. The summed E-state index contributed by atoms with van der Waals surface area (Å²) in [6, 6.07) is 7.34. The highest BCUT2D eigenvalue weighted by Crippen LogP contribution is 2.38. The Hall–Kier alpha value is -1.69. The number of halogens is 1. The van der Waals surface area contributed by atoms with Crippen LogP contribution in [0.5, 0.6) is 17.2 Å². The van der Waals surface area contributed by atoms with Gasteiger partial charge in [0.2, 0.25) is 6.79 Å². The van der Waals surface area contributed by atoms with Crippen molar-refractivity contribution in [3.05, 3.63) is 51.7 Å². The monoisotopic (exact) mass is 337 g/mol. The summed E-state index contributed by atoms with van der Waals surface area (Å²) in [6.07, 6.45) is 1.85. The highest BCUT2D eigenvalue weighted by atomic mass is 35.5. The molecule has 1 aliphatic heterocycles. The van der Waals surface area contributed by atoms with E-state index in [0.717, 1.165) is 16.4 Å². The molecule has 0 fully saturated rings. The van der Waals surface area contributed by atoms with Crippen LogP contribution in [-0.2, 0) is 13.1 Å². The molecular weight excluding hydrogens is 322 g/mol. The molecule has 0 bridgehead atoms. The van der Waals surface area contributed by atoms with Crippen molar-refractivity contribution >= 4 is 22.9 Å². The number of nitrogens with zero attached hydrogens (tertiary/aromatic N) is 1. The van der Waals surface area contributed by atoms with Crippen LogP contribution < -0.4 is 9.47 Å². The van der Waals surface area contributed by atoms with Gasteiger partial charge in [0.25, 0.3) is 0 Å². The van der Waals surface area contributed by atoms with E-state index < -0.39 is 0 Å². The standard InChI is InChI=1S/C16H16ClNO3S/c1-2-5-18(9-12-3-4-16(17)22-12)8-11-6-14-15(7-13(11)19)21-10-20-14/h2-4,6-7,19H,1,5,8-10H2. The van der Waals surface area contributed by atoms with Crippen molar-refractivity contribution in [1.82, 2.24) is 4.90 Å². The number of fused-ring (bicyclic) bond motifs is 1. The maximum Gasteiger partial charge on any atom is 0.231 e. The fourth-order valence-corrected chi connectivity index (χ4v) is 3.50. The molecule has 22 heavy (non-hydrogen) atoms. The van der Waals surface area contributed by atoms with Crippen molar-refractivity contribution in [2.45, 2.75) is 13.1 Å². The molecule has 1 N–H and O–H groups in total. The highest BCUT2D eigenvalue weighted by Gasteiger charge is 2.18. The smallest absolute Gasteiger partial charge is 0.231 e. The van der Waals surface area contributed by atoms with Gasteiger partial charge in [0.15, 0.2) is 11.5 Å². The van der Waals surface area contributed by atoms with Crippen molar-refractivity contribution in [3.63, 3.8) is 0 Å². The summed E-state index contributed by atoms with van der Waals surface area (Å²) >= 11 is 7.54. The summed E-state index contributed by atoms with van der Waals surface area (Å²) in [5.74, 6) is 1.47. The lowest BCUT2D eigenvalue weighted by Gasteiger charge is -2.20. The third-order valence-electron chi connectivity index (χ3n) is 3.36. The van der Waals surface area contributed by atoms with E-state index in [1.54, 1.807) is 17.4 Å². The van der Waals surface area contributed by atoms with Crippen molar-refractivity contribution in [3.8, 4) is 17.2 Å². The molecule has 0 saturated carbocycles. The van der Waals surface area contributed by atoms with Crippen LogP contribution in [0.4, 0.5) is 0 Å². The fraction of sp³-hybridized carbons (Fsp3) is 0.250. The summed E-state index contributed by atoms with van der Waals surface area (Å²) < 4.78 is 11.4. The maximum atomic E-state index is 10.2. The molecule has 2 aromatic rings. The van der Waals surface area contributed by atoms with Crippen LogP contribution in [0.15, 0.2) is 36.9 Å². The third kappa shape index (κ3) is 3.38. The maximum absolute atomic E-state index is 10.2. The Morgan fingerprint density at radius 3 is 2.73 bits per heavy atom. The Bertz CT molecular complexity index is 686. The van der Waals surface area contributed by atoms with Gasteiger partial charge in [-0.1, -0.05) is 17.7 Å². The summed E-state index contributed by atoms with van der Waals surface area (Å²) in [6.45, 7) is 6.04. The Morgan fingerprint density at radius 2 is 2.05 bits per heavy atom. The number of thiophene rings is 1. The Labute approximate surface area is 138 Å². The van der Waals surface area contributed by atoms with Crippen LogP contribution in [0.25, 0.3) is 0 Å². The minimum Gasteiger partial charge on any atom is -0.507 e. The molecule has 2 heterocycles. The van der Waals surface area contributed by atoms with Gasteiger partial charge in [-0.2, -0.15) is 0 Å². The van der Waals surface area contributed by atoms with Crippen LogP contribution in [-0.4, -0.2) is 23.3 Å². The van der Waals surface area contributed by atoms with Crippen LogP contribution in [0.1, 0.15) is 10.4 Å². The van der Waals surface area contributed by atoms with Gasteiger partial charge < -0.3 is 14.6 Å². The van der Waals surface area contributed by atoms with E-state index in [4.69, 9.17) is 21.1 Å². The third-order valence-corrected chi connectivity index (χ3v) is 4.58. The predicted octanol–water partition coefficient (Wildman–Crippen LogP) is 4.02. The molecule has 116 valence electrons. The Morgan fingerprint density at radius 1 is 1.27 bits per heavy atom. The summed E-state index contributed by atoms with van der Waals surface area (Å²) in [5.41, 5.74) is 0.800. The number of phenolic OH excluding ortho intramolecular Hbond substituents is 1. The fourth-order valence-electron chi connectivity index (χ4n) is 2.37. The van der Waals surface area contributed by atoms with Crippen LogP contribution in [0.3, 0.4) is 0 Å². The van der Waals surface area contributed by atoms with Crippen LogP contribution in [0, 0.1) is 0 Å². The number of ether oxygens (including phenoxy) is 2. The SMILES string of the molecule is C=CCN(Cc1ccc(Cl)s1)Cc1cc2c(cc1O)OCO2. The molecule has 1 aromatic heterocycles. The van der Waals surface area contributed by atoms with E-state index in [9.17, 15) is 5.11 Å². The average molecular weight is 338 g/mol. The molecule has 1 aromatic carbocycles. The Balaban J connectivity index is 1.77. The van der Waals surface area contributed by atoms with Gasteiger partial charge in [-0.25, -0.2) is 0 Å². The topological polar surface area (TPSA) is 41.9 Å². The second-order valence-corrected chi connectivity index (χ2v) is 6.80. The molecule has 0 aliphatic carbocycles. The van der Waals surface area contributed by atoms with Crippen molar-refractivity contribution < 1.29 is 14.6 Å².